The van der Waals surface area contributed by atoms with Gasteiger partial charge in [-0.25, -0.2) is 0 Å². The largest absolute Gasteiger partial charge is 0.492 e. The third-order valence-electron chi connectivity index (χ3n) is 3.86. The second kappa shape index (κ2) is 6.20. The molecule has 1 aromatic heterocycles. The van der Waals surface area contributed by atoms with Gasteiger partial charge < -0.3 is 4.74 Å². The van der Waals surface area contributed by atoms with E-state index in [4.69, 9.17) is 4.74 Å². The molecule has 3 rings (SSSR count). The van der Waals surface area contributed by atoms with Gasteiger partial charge in [-0.15, -0.1) is 0 Å². The van der Waals surface area contributed by atoms with Crippen LogP contribution in [0.3, 0.4) is 0 Å². The molecule has 0 bridgehead atoms. The lowest BCUT2D eigenvalue weighted by Crippen LogP contribution is -2.26. The smallest absolute Gasteiger partial charge is 0.123 e. The maximum absolute atomic E-state index is 5.83. The van der Waals surface area contributed by atoms with E-state index in [-0.39, 0.29) is 0 Å². The number of aryl methyl sites for hydroxylation is 2. The standard InChI is InChI=1S/C16H20BrN3O/c1-3-20-14(16(17)12(2)18-20)11-19-8-9-21-15-7-5-4-6-13(15)10-19/h4-7H,3,8-11H2,1-2H3. The third kappa shape index (κ3) is 2.99. The van der Waals surface area contributed by atoms with Crippen molar-refractivity contribution in [3.05, 3.63) is 45.7 Å². The van der Waals surface area contributed by atoms with Gasteiger partial charge in [-0.1, -0.05) is 18.2 Å². The summed E-state index contributed by atoms with van der Waals surface area (Å²) in [5, 5.41) is 4.57. The molecule has 2 heterocycles. The Balaban J connectivity index is 1.83. The van der Waals surface area contributed by atoms with Crippen molar-refractivity contribution < 1.29 is 4.74 Å². The average Bonchev–Trinajstić information content (AvgIpc) is 2.67. The maximum Gasteiger partial charge on any atom is 0.123 e. The van der Waals surface area contributed by atoms with Crippen molar-refractivity contribution in [1.29, 1.82) is 0 Å². The predicted octanol–water partition coefficient (Wildman–Crippen LogP) is 3.37. The van der Waals surface area contributed by atoms with Crippen LogP contribution in [0.1, 0.15) is 23.9 Å². The molecule has 21 heavy (non-hydrogen) atoms. The number of hydrogen-bond donors (Lipinski definition) is 0. The molecule has 5 heteroatoms. The van der Waals surface area contributed by atoms with Crippen molar-refractivity contribution in [2.24, 2.45) is 0 Å². The summed E-state index contributed by atoms with van der Waals surface area (Å²) in [4.78, 5) is 2.42. The van der Waals surface area contributed by atoms with Crippen LogP contribution in [0.25, 0.3) is 0 Å². The molecule has 1 aromatic carbocycles. The van der Waals surface area contributed by atoms with Gasteiger partial charge >= 0.3 is 0 Å². The molecule has 0 spiro atoms. The van der Waals surface area contributed by atoms with Gasteiger partial charge in [0.15, 0.2) is 0 Å². The Morgan fingerprint density at radius 1 is 1.33 bits per heavy atom. The Labute approximate surface area is 133 Å². The summed E-state index contributed by atoms with van der Waals surface area (Å²) in [6, 6.07) is 8.29. The van der Waals surface area contributed by atoms with Crippen LogP contribution < -0.4 is 4.74 Å². The molecular weight excluding hydrogens is 330 g/mol. The van der Waals surface area contributed by atoms with Crippen LogP contribution in [-0.2, 0) is 19.6 Å². The number of fused-ring (bicyclic) bond motifs is 1. The number of rotatable bonds is 3. The Hall–Kier alpha value is -1.33. The molecule has 4 nitrogen and oxygen atoms in total. The zero-order valence-corrected chi connectivity index (χ0v) is 14.1. The highest BCUT2D eigenvalue weighted by Crippen LogP contribution is 2.26. The predicted molar refractivity (Wildman–Crippen MR) is 86.4 cm³/mol. The molecule has 0 fully saturated rings. The lowest BCUT2D eigenvalue weighted by atomic mass is 10.2. The van der Waals surface area contributed by atoms with E-state index in [0.29, 0.717) is 0 Å². The molecule has 2 aromatic rings. The summed E-state index contributed by atoms with van der Waals surface area (Å²) in [5.74, 6) is 1.01. The van der Waals surface area contributed by atoms with Crippen LogP contribution in [0, 0.1) is 6.92 Å². The zero-order valence-electron chi connectivity index (χ0n) is 12.5. The molecule has 0 saturated carbocycles. The van der Waals surface area contributed by atoms with Crippen LogP contribution in [0.5, 0.6) is 5.75 Å². The Bertz CT molecular complexity index is 638. The van der Waals surface area contributed by atoms with Crippen molar-refractivity contribution in [2.75, 3.05) is 13.2 Å². The second-order valence-corrected chi connectivity index (χ2v) is 6.12. The first-order valence-electron chi connectivity index (χ1n) is 7.34. The summed E-state index contributed by atoms with van der Waals surface area (Å²) < 4.78 is 9.04. The lowest BCUT2D eigenvalue weighted by Gasteiger charge is -2.20. The number of nitrogens with zero attached hydrogens (tertiary/aromatic N) is 3. The van der Waals surface area contributed by atoms with Crippen molar-refractivity contribution in [3.8, 4) is 5.75 Å². The maximum atomic E-state index is 5.83. The monoisotopic (exact) mass is 349 g/mol. The molecule has 0 amide bonds. The number of aromatic nitrogens is 2. The molecule has 1 aliphatic rings. The van der Waals surface area contributed by atoms with Gasteiger partial charge in [0.25, 0.3) is 0 Å². The van der Waals surface area contributed by atoms with E-state index in [9.17, 15) is 0 Å². The van der Waals surface area contributed by atoms with Gasteiger partial charge in [0.1, 0.15) is 12.4 Å². The summed E-state index contributed by atoms with van der Waals surface area (Å²) in [5.41, 5.74) is 3.55. The SMILES string of the molecule is CCn1nc(C)c(Br)c1CN1CCOc2ccccc2C1. The van der Waals surface area contributed by atoms with Crippen LogP contribution in [0.4, 0.5) is 0 Å². The molecule has 0 radical (unpaired) electrons. The van der Waals surface area contributed by atoms with Crippen molar-refractivity contribution in [1.82, 2.24) is 14.7 Å². The zero-order chi connectivity index (χ0) is 14.8. The van der Waals surface area contributed by atoms with Gasteiger partial charge in [0.05, 0.1) is 15.9 Å². The molecule has 0 N–H and O–H groups in total. The van der Waals surface area contributed by atoms with Gasteiger partial charge in [-0.2, -0.15) is 5.10 Å². The van der Waals surface area contributed by atoms with Crippen molar-refractivity contribution in [2.45, 2.75) is 33.5 Å². The van der Waals surface area contributed by atoms with Gasteiger partial charge in [0, 0.05) is 31.7 Å². The van der Waals surface area contributed by atoms with Gasteiger partial charge in [0.2, 0.25) is 0 Å². The normalized spacial score (nSPS) is 15.4. The topological polar surface area (TPSA) is 30.3 Å². The second-order valence-electron chi connectivity index (χ2n) is 5.33. The van der Waals surface area contributed by atoms with E-state index in [1.165, 1.54) is 11.3 Å². The highest BCUT2D eigenvalue weighted by Gasteiger charge is 2.19. The van der Waals surface area contributed by atoms with Crippen LogP contribution in [0.2, 0.25) is 0 Å². The first-order chi connectivity index (χ1) is 10.2. The minimum atomic E-state index is 0.730. The third-order valence-corrected chi connectivity index (χ3v) is 4.89. The highest BCUT2D eigenvalue weighted by molar-refractivity contribution is 9.10. The average molecular weight is 350 g/mol. The molecule has 112 valence electrons. The quantitative estimate of drug-likeness (QED) is 0.850. The van der Waals surface area contributed by atoms with Gasteiger partial charge in [-0.05, 0) is 35.8 Å². The van der Waals surface area contributed by atoms with E-state index < -0.39 is 0 Å². The number of ether oxygens (including phenoxy) is 1. The number of benzene rings is 1. The molecule has 0 atom stereocenters. The number of halogens is 1. The van der Waals surface area contributed by atoms with Crippen LogP contribution in [0.15, 0.2) is 28.7 Å². The van der Waals surface area contributed by atoms with Crippen LogP contribution in [-0.4, -0.2) is 27.8 Å². The Morgan fingerprint density at radius 2 is 2.14 bits per heavy atom. The van der Waals surface area contributed by atoms with E-state index >= 15 is 0 Å². The molecule has 0 aliphatic carbocycles. The molecule has 1 aliphatic heterocycles. The molecular formula is C16H20BrN3O. The lowest BCUT2D eigenvalue weighted by molar-refractivity contribution is 0.214. The van der Waals surface area contributed by atoms with E-state index in [1.807, 2.05) is 13.0 Å². The molecule has 0 saturated heterocycles. The fourth-order valence-electron chi connectivity index (χ4n) is 2.75. The molecule has 0 unspecified atom stereocenters. The highest BCUT2D eigenvalue weighted by atomic mass is 79.9. The first-order valence-corrected chi connectivity index (χ1v) is 8.13. The summed E-state index contributed by atoms with van der Waals surface area (Å²) in [7, 11) is 0. The van der Waals surface area contributed by atoms with E-state index in [1.54, 1.807) is 0 Å². The fourth-order valence-corrected chi connectivity index (χ4v) is 3.16. The van der Waals surface area contributed by atoms with E-state index in [0.717, 1.165) is 48.7 Å². The van der Waals surface area contributed by atoms with Crippen molar-refractivity contribution >= 4 is 15.9 Å². The number of hydrogen-bond acceptors (Lipinski definition) is 3. The fraction of sp³-hybridized carbons (Fsp3) is 0.438. The summed E-state index contributed by atoms with van der Waals surface area (Å²) >= 11 is 3.68. The summed E-state index contributed by atoms with van der Waals surface area (Å²) in [6.07, 6.45) is 0. The minimum Gasteiger partial charge on any atom is -0.492 e. The minimum absolute atomic E-state index is 0.730. The van der Waals surface area contributed by atoms with E-state index in [2.05, 4.69) is 55.7 Å². The first kappa shape index (κ1) is 14.6. The van der Waals surface area contributed by atoms with Crippen LogP contribution >= 0.6 is 15.9 Å². The number of para-hydroxylation sites is 1. The van der Waals surface area contributed by atoms with Gasteiger partial charge in [-0.3, -0.25) is 9.58 Å². The Morgan fingerprint density at radius 3 is 2.95 bits per heavy atom. The Kier molecular flexibility index (Phi) is 4.31. The summed E-state index contributed by atoms with van der Waals surface area (Å²) in [6.45, 7) is 8.51. The van der Waals surface area contributed by atoms with Crippen molar-refractivity contribution in [3.63, 3.8) is 0 Å².